The summed E-state index contributed by atoms with van der Waals surface area (Å²) in [7, 11) is 0. The minimum atomic E-state index is 0.657. The molecule has 2 N–H and O–H groups in total. The van der Waals surface area contributed by atoms with Gasteiger partial charge >= 0.3 is 0 Å². The van der Waals surface area contributed by atoms with Crippen LogP contribution in [0.2, 0.25) is 0 Å². The van der Waals surface area contributed by atoms with Crippen LogP contribution < -0.4 is 5.73 Å². The van der Waals surface area contributed by atoms with Crippen LogP contribution in [0.15, 0.2) is 54.6 Å². The summed E-state index contributed by atoms with van der Waals surface area (Å²) >= 11 is 0. The monoisotopic (exact) mass is 281 g/mol. The van der Waals surface area contributed by atoms with Crippen LogP contribution in [0.1, 0.15) is 30.0 Å². The van der Waals surface area contributed by atoms with Crippen LogP contribution in [0, 0.1) is 0 Å². The summed E-state index contributed by atoms with van der Waals surface area (Å²) in [5.41, 5.74) is 9.24. The minimum Gasteiger partial charge on any atom is -0.493 e. The molecule has 0 amide bonds. The molecule has 110 valence electrons. The van der Waals surface area contributed by atoms with E-state index < -0.39 is 0 Å². The van der Waals surface area contributed by atoms with E-state index in [2.05, 4.69) is 42.5 Å². The van der Waals surface area contributed by atoms with E-state index in [0.717, 1.165) is 29.7 Å². The smallest absolute Gasteiger partial charge is 0.127 e. The van der Waals surface area contributed by atoms with E-state index in [1.54, 1.807) is 0 Å². The van der Waals surface area contributed by atoms with Gasteiger partial charge < -0.3 is 10.5 Å². The molecule has 0 aliphatic heterocycles. The molecule has 0 saturated heterocycles. The zero-order valence-corrected chi connectivity index (χ0v) is 12.6. The molecule has 0 unspecified atom stereocenters. The first-order valence-corrected chi connectivity index (χ1v) is 7.53. The quantitative estimate of drug-likeness (QED) is 0.612. The maximum atomic E-state index is 5.88. The van der Waals surface area contributed by atoms with Crippen LogP contribution in [0.4, 0.5) is 0 Å². The van der Waals surface area contributed by atoms with Crippen molar-refractivity contribution in [2.75, 3.05) is 13.2 Å². The highest BCUT2D eigenvalue weighted by molar-refractivity contribution is 5.78. The third-order valence-corrected chi connectivity index (χ3v) is 3.33. The molecule has 2 aromatic rings. The van der Waals surface area contributed by atoms with Crippen molar-refractivity contribution in [2.45, 2.75) is 19.8 Å². The molecule has 0 spiro atoms. The fraction of sp³-hybridized carbons (Fsp3) is 0.263. The molecular formula is C19H23NO. The van der Waals surface area contributed by atoms with Gasteiger partial charge in [0.05, 0.1) is 6.61 Å². The van der Waals surface area contributed by atoms with Gasteiger partial charge in [-0.05, 0) is 43.5 Å². The number of hydrogen-bond donors (Lipinski definition) is 1. The molecule has 0 saturated carbocycles. The molecule has 2 aromatic carbocycles. The first kappa shape index (κ1) is 15.3. The van der Waals surface area contributed by atoms with Crippen LogP contribution in [0.25, 0.3) is 11.8 Å². The molecule has 0 fully saturated rings. The van der Waals surface area contributed by atoms with Gasteiger partial charge in [-0.15, -0.1) is 0 Å². The van der Waals surface area contributed by atoms with E-state index in [4.69, 9.17) is 10.5 Å². The molecule has 0 aromatic heterocycles. The average molecular weight is 281 g/mol. The van der Waals surface area contributed by atoms with Crippen molar-refractivity contribution >= 4 is 11.8 Å². The molecule has 0 bridgehead atoms. The average Bonchev–Trinajstić information content (AvgIpc) is 2.54. The highest BCUT2D eigenvalue weighted by atomic mass is 16.5. The van der Waals surface area contributed by atoms with E-state index in [1.165, 1.54) is 5.56 Å². The third-order valence-electron chi connectivity index (χ3n) is 3.33. The third kappa shape index (κ3) is 4.47. The fourth-order valence-electron chi connectivity index (χ4n) is 2.32. The number of hydrogen-bond acceptors (Lipinski definition) is 2. The predicted octanol–water partition coefficient (Wildman–Crippen LogP) is 4.11. The van der Waals surface area contributed by atoms with Gasteiger partial charge in [0, 0.05) is 5.56 Å². The first-order valence-electron chi connectivity index (χ1n) is 7.53. The normalized spacial score (nSPS) is 11.4. The lowest BCUT2D eigenvalue weighted by Gasteiger charge is -2.14. The summed E-state index contributed by atoms with van der Waals surface area (Å²) in [6, 6.07) is 18.7. The van der Waals surface area contributed by atoms with Crippen molar-refractivity contribution in [1.29, 1.82) is 0 Å². The molecule has 2 heteroatoms. The Morgan fingerprint density at radius 2 is 1.76 bits per heavy atom. The van der Waals surface area contributed by atoms with Crippen molar-refractivity contribution in [3.8, 4) is 0 Å². The van der Waals surface area contributed by atoms with Crippen molar-refractivity contribution in [3.05, 3.63) is 71.3 Å². The standard InChI is InChI=1S/C19H23NO/c1-2-21-19(15-16-9-4-3-5-10-16)18-13-7-6-11-17(18)12-8-14-20/h3-7,9-11,13,15H,2,8,12,14,20H2,1H3. The van der Waals surface area contributed by atoms with Crippen LogP contribution in [-0.4, -0.2) is 13.2 Å². The van der Waals surface area contributed by atoms with Gasteiger partial charge in [-0.25, -0.2) is 0 Å². The maximum absolute atomic E-state index is 5.88. The van der Waals surface area contributed by atoms with Crippen LogP contribution in [0.3, 0.4) is 0 Å². The largest absolute Gasteiger partial charge is 0.493 e. The Morgan fingerprint density at radius 3 is 2.48 bits per heavy atom. The molecule has 2 rings (SSSR count). The van der Waals surface area contributed by atoms with E-state index in [1.807, 2.05) is 25.1 Å². The van der Waals surface area contributed by atoms with E-state index >= 15 is 0 Å². The Hall–Kier alpha value is -2.06. The molecule has 0 heterocycles. The summed E-state index contributed by atoms with van der Waals surface area (Å²) < 4.78 is 5.88. The Morgan fingerprint density at radius 1 is 1.05 bits per heavy atom. The van der Waals surface area contributed by atoms with Gasteiger partial charge in [-0.2, -0.15) is 0 Å². The highest BCUT2D eigenvalue weighted by Gasteiger charge is 2.08. The molecule has 0 aliphatic rings. The van der Waals surface area contributed by atoms with Gasteiger partial charge in [0.15, 0.2) is 0 Å². The first-order chi connectivity index (χ1) is 10.3. The van der Waals surface area contributed by atoms with Gasteiger partial charge in [0.2, 0.25) is 0 Å². The molecule has 0 radical (unpaired) electrons. The lowest BCUT2D eigenvalue weighted by molar-refractivity contribution is 0.300. The topological polar surface area (TPSA) is 35.2 Å². The summed E-state index contributed by atoms with van der Waals surface area (Å²) in [5.74, 6) is 0.927. The van der Waals surface area contributed by atoms with Crippen LogP contribution >= 0.6 is 0 Å². The molecular weight excluding hydrogens is 258 g/mol. The second kappa shape index (κ2) is 8.28. The van der Waals surface area contributed by atoms with Gasteiger partial charge in [-0.3, -0.25) is 0 Å². The predicted molar refractivity (Wildman–Crippen MR) is 89.8 cm³/mol. The van der Waals surface area contributed by atoms with Crippen molar-refractivity contribution in [3.63, 3.8) is 0 Å². The molecule has 2 nitrogen and oxygen atoms in total. The maximum Gasteiger partial charge on any atom is 0.127 e. The second-order valence-electron chi connectivity index (χ2n) is 4.90. The summed E-state index contributed by atoms with van der Waals surface area (Å²) in [6.45, 7) is 3.38. The number of ether oxygens (including phenoxy) is 1. The lowest BCUT2D eigenvalue weighted by Crippen LogP contribution is -2.03. The molecule has 0 aliphatic carbocycles. The zero-order valence-electron chi connectivity index (χ0n) is 12.6. The zero-order chi connectivity index (χ0) is 14.9. The van der Waals surface area contributed by atoms with Gasteiger partial charge in [-0.1, -0.05) is 54.6 Å². The van der Waals surface area contributed by atoms with Crippen molar-refractivity contribution < 1.29 is 4.74 Å². The Bertz CT molecular complexity index is 575. The van der Waals surface area contributed by atoms with Crippen molar-refractivity contribution in [1.82, 2.24) is 0 Å². The van der Waals surface area contributed by atoms with Crippen molar-refractivity contribution in [2.24, 2.45) is 5.73 Å². The highest BCUT2D eigenvalue weighted by Crippen LogP contribution is 2.24. The Balaban J connectivity index is 2.36. The summed E-state index contributed by atoms with van der Waals surface area (Å²) in [4.78, 5) is 0. The summed E-state index contributed by atoms with van der Waals surface area (Å²) in [5, 5.41) is 0. The fourth-order valence-corrected chi connectivity index (χ4v) is 2.32. The molecule has 21 heavy (non-hydrogen) atoms. The SMILES string of the molecule is CCOC(=Cc1ccccc1)c1ccccc1CCCN. The Kier molecular flexibility index (Phi) is 6.04. The van der Waals surface area contributed by atoms with E-state index in [-0.39, 0.29) is 0 Å². The van der Waals surface area contributed by atoms with Gasteiger partial charge in [0.1, 0.15) is 5.76 Å². The van der Waals surface area contributed by atoms with E-state index in [0.29, 0.717) is 13.2 Å². The summed E-state index contributed by atoms with van der Waals surface area (Å²) in [6.07, 6.45) is 4.07. The molecule has 0 atom stereocenters. The van der Waals surface area contributed by atoms with Crippen LogP contribution in [0.5, 0.6) is 0 Å². The lowest BCUT2D eigenvalue weighted by atomic mass is 10.00. The number of rotatable bonds is 7. The van der Waals surface area contributed by atoms with Gasteiger partial charge in [0.25, 0.3) is 0 Å². The number of nitrogens with two attached hydrogens (primary N) is 1. The minimum absolute atomic E-state index is 0.657. The Labute approximate surface area is 127 Å². The number of benzene rings is 2. The van der Waals surface area contributed by atoms with E-state index in [9.17, 15) is 0 Å². The second-order valence-corrected chi connectivity index (χ2v) is 4.90. The number of aryl methyl sites for hydroxylation is 1. The van der Waals surface area contributed by atoms with Crippen LogP contribution in [-0.2, 0) is 11.2 Å².